The number of urea groups is 1. The van der Waals surface area contributed by atoms with Crippen molar-refractivity contribution >= 4 is 23.5 Å². The summed E-state index contributed by atoms with van der Waals surface area (Å²) >= 11 is 6.44. The van der Waals surface area contributed by atoms with Gasteiger partial charge in [-0.2, -0.15) is 0 Å². The minimum atomic E-state index is -0.747. The Kier molecular flexibility index (Phi) is 5.47. The number of hydrogen-bond donors (Lipinski definition) is 0. The van der Waals surface area contributed by atoms with Crippen LogP contribution in [0.2, 0.25) is 5.02 Å². The minimum absolute atomic E-state index is 0.0679. The summed E-state index contributed by atoms with van der Waals surface area (Å²) in [4.78, 5) is 31.6. The van der Waals surface area contributed by atoms with Gasteiger partial charge in [-0.05, 0) is 36.5 Å². The largest absolute Gasteiger partial charge is 0.454 e. The monoisotopic (exact) mass is 455 g/mol. The SMILES string of the molecule is CN1C(=O)N(CCc2ccccc2)C(=O)C12CCN(Cc1cc3c(cc1Cl)OCO3)CC2. The Morgan fingerprint density at radius 3 is 2.44 bits per heavy atom. The van der Waals surface area contributed by atoms with E-state index in [1.807, 2.05) is 36.4 Å². The topological polar surface area (TPSA) is 62.3 Å². The Morgan fingerprint density at radius 1 is 1.03 bits per heavy atom. The molecule has 0 N–H and O–H groups in total. The molecule has 1 spiro atoms. The number of piperidine rings is 1. The van der Waals surface area contributed by atoms with E-state index in [0.717, 1.165) is 11.1 Å². The summed E-state index contributed by atoms with van der Waals surface area (Å²) in [7, 11) is 1.76. The standard InChI is InChI=1S/C24H26ClN3O4/c1-26-23(30)28(10-7-17-5-3-2-4-6-17)22(29)24(26)8-11-27(12-9-24)15-18-13-20-21(14-19(18)25)32-16-31-20/h2-6,13-14H,7-12,15-16H2,1H3. The first-order valence-electron chi connectivity index (χ1n) is 10.9. The molecule has 3 aliphatic heterocycles. The molecule has 168 valence electrons. The number of likely N-dealkylation sites (tertiary alicyclic amines) is 1. The van der Waals surface area contributed by atoms with Gasteiger partial charge in [0.1, 0.15) is 5.54 Å². The second-order valence-electron chi connectivity index (χ2n) is 8.64. The van der Waals surface area contributed by atoms with Crippen molar-refractivity contribution in [2.24, 2.45) is 0 Å². The molecule has 0 bridgehead atoms. The number of likely N-dealkylation sites (N-methyl/N-ethyl adjacent to an activating group) is 1. The van der Waals surface area contributed by atoms with Crippen LogP contribution in [0, 0.1) is 0 Å². The highest BCUT2D eigenvalue weighted by molar-refractivity contribution is 6.31. The van der Waals surface area contributed by atoms with Gasteiger partial charge in [0.05, 0.1) is 0 Å². The van der Waals surface area contributed by atoms with Gasteiger partial charge in [-0.3, -0.25) is 14.6 Å². The molecular formula is C24H26ClN3O4. The summed E-state index contributed by atoms with van der Waals surface area (Å²) in [6, 6.07) is 13.5. The molecule has 0 saturated carbocycles. The summed E-state index contributed by atoms with van der Waals surface area (Å²) in [5.41, 5.74) is 1.34. The highest BCUT2D eigenvalue weighted by Gasteiger charge is 2.56. The van der Waals surface area contributed by atoms with Crippen LogP contribution in [-0.2, 0) is 17.8 Å². The van der Waals surface area contributed by atoms with E-state index in [-0.39, 0.29) is 18.7 Å². The zero-order valence-electron chi connectivity index (χ0n) is 18.1. The van der Waals surface area contributed by atoms with E-state index < -0.39 is 5.54 Å². The normalized spacial score (nSPS) is 19.9. The molecule has 3 amide bonds. The van der Waals surface area contributed by atoms with Gasteiger partial charge >= 0.3 is 6.03 Å². The van der Waals surface area contributed by atoms with Crippen LogP contribution in [0.4, 0.5) is 4.79 Å². The lowest BCUT2D eigenvalue weighted by Crippen LogP contribution is -2.55. The fourth-order valence-electron chi connectivity index (χ4n) is 4.88. The molecule has 0 aliphatic carbocycles. The number of amides is 3. The molecule has 2 aromatic rings. The van der Waals surface area contributed by atoms with Crippen LogP contribution >= 0.6 is 11.6 Å². The molecule has 32 heavy (non-hydrogen) atoms. The van der Waals surface area contributed by atoms with E-state index in [4.69, 9.17) is 21.1 Å². The average Bonchev–Trinajstić information content (AvgIpc) is 3.32. The van der Waals surface area contributed by atoms with E-state index in [9.17, 15) is 9.59 Å². The first-order chi connectivity index (χ1) is 15.5. The molecule has 2 saturated heterocycles. The number of nitrogens with zero attached hydrogens (tertiary/aromatic N) is 3. The van der Waals surface area contributed by atoms with Crippen molar-refractivity contribution in [1.29, 1.82) is 0 Å². The van der Waals surface area contributed by atoms with Gasteiger partial charge < -0.3 is 14.4 Å². The van der Waals surface area contributed by atoms with E-state index in [1.54, 1.807) is 18.0 Å². The molecule has 0 aromatic heterocycles. The highest BCUT2D eigenvalue weighted by Crippen LogP contribution is 2.39. The van der Waals surface area contributed by atoms with Crippen molar-refractivity contribution in [2.45, 2.75) is 31.3 Å². The van der Waals surface area contributed by atoms with Crippen molar-refractivity contribution < 1.29 is 19.1 Å². The van der Waals surface area contributed by atoms with Crippen LogP contribution in [-0.4, -0.2) is 65.7 Å². The molecule has 0 unspecified atom stereocenters. The lowest BCUT2D eigenvalue weighted by molar-refractivity contribution is -0.135. The van der Waals surface area contributed by atoms with Crippen molar-refractivity contribution in [3.8, 4) is 11.5 Å². The second-order valence-corrected chi connectivity index (χ2v) is 9.05. The molecule has 0 atom stereocenters. The number of rotatable bonds is 5. The zero-order valence-corrected chi connectivity index (χ0v) is 18.8. The fraction of sp³-hybridized carbons (Fsp3) is 0.417. The number of ether oxygens (including phenoxy) is 2. The summed E-state index contributed by atoms with van der Waals surface area (Å²) < 4.78 is 10.9. The third-order valence-electron chi connectivity index (χ3n) is 6.89. The maximum Gasteiger partial charge on any atom is 0.327 e. The Balaban J connectivity index is 1.24. The van der Waals surface area contributed by atoms with Crippen molar-refractivity contribution in [1.82, 2.24) is 14.7 Å². The summed E-state index contributed by atoms with van der Waals surface area (Å²) in [6.45, 7) is 2.70. The Morgan fingerprint density at radius 2 is 1.72 bits per heavy atom. The Bertz CT molecular complexity index is 1040. The maximum absolute atomic E-state index is 13.4. The Hall–Kier alpha value is -2.77. The van der Waals surface area contributed by atoms with Crippen LogP contribution in [0.25, 0.3) is 0 Å². The van der Waals surface area contributed by atoms with Crippen LogP contribution in [0.1, 0.15) is 24.0 Å². The lowest BCUT2D eigenvalue weighted by Gasteiger charge is -2.40. The molecule has 2 fully saturated rings. The summed E-state index contributed by atoms with van der Waals surface area (Å²) in [6.07, 6.45) is 1.88. The number of hydrogen-bond acceptors (Lipinski definition) is 5. The predicted molar refractivity (Wildman–Crippen MR) is 120 cm³/mol. The first-order valence-corrected chi connectivity index (χ1v) is 11.3. The third-order valence-corrected chi connectivity index (χ3v) is 7.24. The number of carbonyl (C=O) groups excluding carboxylic acids is 2. The summed E-state index contributed by atoms with van der Waals surface area (Å²) in [5, 5.41) is 0.644. The van der Waals surface area contributed by atoms with E-state index in [0.29, 0.717) is 62.0 Å². The van der Waals surface area contributed by atoms with Gasteiger partial charge in [0.25, 0.3) is 5.91 Å². The minimum Gasteiger partial charge on any atom is -0.454 e. The van der Waals surface area contributed by atoms with E-state index >= 15 is 0 Å². The fourth-order valence-corrected chi connectivity index (χ4v) is 5.09. The molecule has 7 nitrogen and oxygen atoms in total. The number of fused-ring (bicyclic) bond motifs is 1. The van der Waals surface area contributed by atoms with Crippen molar-refractivity contribution in [2.75, 3.05) is 33.5 Å². The van der Waals surface area contributed by atoms with Crippen molar-refractivity contribution in [3.05, 3.63) is 58.6 Å². The Labute approximate surface area is 192 Å². The van der Waals surface area contributed by atoms with Crippen molar-refractivity contribution in [3.63, 3.8) is 0 Å². The van der Waals surface area contributed by atoms with Gasteiger partial charge in [-0.25, -0.2) is 4.79 Å². The van der Waals surface area contributed by atoms with Crippen LogP contribution in [0.15, 0.2) is 42.5 Å². The average molecular weight is 456 g/mol. The third kappa shape index (κ3) is 3.59. The molecular weight excluding hydrogens is 430 g/mol. The second kappa shape index (κ2) is 8.30. The smallest absolute Gasteiger partial charge is 0.327 e. The first kappa shape index (κ1) is 21.1. The summed E-state index contributed by atoms with van der Waals surface area (Å²) in [5.74, 6) is 1.31. The molecule has 0 radical (unpaired) electrons. The van der Waals surface area contributed by atoms with Gasteiger partial charge in [0, 0.05) is 44.3 Å². The predicted octanol–water partition coefficient (Wildman–Crippen LogP) is 3.54. The van der Waals surface area contributed by atoms with Gasteiger partial charge in [-0.15, -0.1) is 0 Å². The maximum atomic E-state index is 13.4. The highest BCUT2D eigenvalue weighted by atomic mass is 35.5. The van der Waals surface area contributed by atoms with E-state index in [1.165, 1.54) is 4.90 Å². The molecule has 5 rings (SSSR count). The number of benzene rings is 2. The lowest BCUT2D eigenvalue weighted by atomic mass is 9.86. The van der Waals surface area contributed by atoms with Gasteiger partial charge in [-0.1, -0.05) is 41.9 Å². The molecule has 8 heteroatoms. The zero-order chi connectivity index (χ0) is 22.3. The number of halogens is 1. The van der Waals surface area contributed by atoms with E-state index in [2.05, 4.69) is 4.90 Å². The molecule has 3 heterocycles. The number of carbonyl (C=O) groups is 2. The quantitative estimate of drug-likeness (QED) is 0.645. The van der Waals surface area contributed by atoms with Crippen LogP contribution in [0.3, 0.4) is 0 Å². The van der Waals surface area contributed by atoms with Gasteiger partial charge in [0.15, 0.2) is 11.5 Å². The van der Waals surface area contributed by atoms with Gasteiger partial charge in [0.2, 0.25) is 6.79 Å². The van der Waals surface area contributed by atoms with Crippen LogP contribution in [0.5, 0.6) is 11.5 Å². The molecule has 3 aliphatic rings. The number of imide groups is 1. The molecule has 2 aromatic carbocycles. The van der Waals surface area contributed by atoms with Crippen LogP contribution < -0.4 is 9.47 Å².